The van der Waals surface area contributed by atoms with Gasteiger partial charge in [0, 0.05) is 33.2 Å². The SMILES string of the molecule is COC(OC)[C@H]1CCN(Cc2ccccc2)C1. The van der Waals surface area contributed by atoms with Gasteiger partial charge in [0.15, 0.2) is 6.29 Å². The smallest absolute Gasteiger partial charge is 0.160 e. The molecule has 1 aromatic rings. The topological polar surface area (TPSA) is 21.7 Å². The van der Waals surface area contributed by atoms with Crippen LogP contribution in [0.1, 0.15) is 12.0 Å². The van der Waals surface area contributed by atoms with Crippen molar-refractivity contribution in [2.24, 2.45) is 5.92 Å². The van der Waals surface area contributed by atoms with Crippen molar-refractivity contribution in [1.29, 1.82) is 0 Å². The molecule has 17 heavy (non-hydrogen) atoms. The van der Waals surface area contributed by atoms with Gasteiger partial charge in [0.1, 0.15) is 0 Å². The summed E-state index contributed by atoms with van der Waals surface area (Å²) in [6.45, 7) is 3.21. The largest absolute Gasteiger partial charge is 0.356 e. The third-order valence-corrected chi connectivity index (χ3v) is 3.41. The number of ether oxygens (including phenoxy) is 2. The van der Waals surface area contributed by atoms with Gasteiger partial charge in [-0.1, -0.05) is 30.3 Å². The molecule has 0 spiro atoms. The van der Waals surface area contributed by atoms with Crippen LogP contribution in [-0.2, 0) is 16.0 Å². The van der Waals surface area contributed by atoms with E-state index >= 15 is 0 Å². The molecule has 94 valence electrons. The Hall–Kier alpha value is -0.900. The van der Waals surface area contributed by atoms with E-state index in [1.54, 1.807) is 14.2 Å². The third kappa shape index (κ3) is 3.28. The Kier molecular flexibility index (Phi) is 4.54. The van der Waals surface area contributed by atoms with E-state index in [9.17, 15) is 0 Å². The number of hydrogen-bond donors (Lipinski definition) is 0. The van der Waals surface area contributed by atoms with E-state index in [4.69, 9.17) is 9.47 Å². The first kappa shape index (κ1) is 12.6. The van der Waals surface area contributed by atoms with Crippen molar-refractivity contribution in [3.8, 4) is 0 Å². The number of rotatable bonds is 5. The minimum absolute atomic E-state index is 0.0595. The molecule has 3 heteroatoms. The van der Waals surface area contributed by atoms with Crippen LogP contribution in [-0.4, -0.2) is 38.5 Å². The van der Waals surface area contributed by atoms with Gasteiger partial charge in [-0.2, -0.15) is 0 Å². The van der Waals surface area contributed by atoms with Crippen molar-refractivity contribution in [3.63, 3.8) is 0 Å². The molecule has 3 nitrogen and oxygen atoms in total. The number of nitrogens with zero attached hydrogens (tertiary/aromatic N) is 1. The Morgan fingerprint density at radius 2 is 1.94 bits per heavy atom. The summed E-state index contributed by atoms with van der Waals surface area (Å²) < 4.78 is 10.7. The number of hydrogen-bond acceptors (Lipinski definition) is 3. The molecule has 0 bridgehead atoms. The second-order valence-corrected chi connectivity index (χ2v) is 4.61. The molecule has 0 N–H and O–H groups in total. The van der Waals surface area contributed by atoms with Gasteiger partial charge in [0.2, 0.25) is 0 Å². The molecule has 1 aliphatic heterocycles. The van der Waals surface area contributed by atoms with E-state index in [2.05, 4.69) is 35.2 Å². The van der Waals surface area contributed by atoms with Crippen molar-refractivity contribution in [1.82, 2.24) is 4.90 Å². The van der Waals surface area contributed by atoms with E-state index < -0.39 is 0 Å². The predicted octanol–water partition coefficient (Wildman–Crippen LogP) is 2.13. The van der Waals surface area contributed by atoms with Gasteiger partial charge in [-0.05, 0) is 18.5 Å². The van der Waals surface area contributed by atoms with Crippen molar-refractivity contribution >= 4 is 0 Å². The Bertz CT molecular complexity index is 324. The zero-order valence-electron chi connectivity index (χ0n) is 10.6. The van der Waals surface area contributed by atoms with Gasteiger partial charge >= 0.3 is 0 Å². The molecule has 0 saturated carbocycles. The van der Waals surface area contributed by atoms with Crippen molar-refractivity contribution in [2.45, 2.75) is 19.3 Å². The molecule has 1 aromatic carbocycles. The Labute approximate surface area is 103 Å². The quantitative estimate of drug-likeness (QED) is 0.730. The second kappa shape index (κ2) is 6.15. The maximum Gasteiger partial charge on any atom is 0.160 e. The molecule has 2 rings (SSSR count). The highest BCUT2D eigenvalue weighted by Crippen LogP contribution is 2.23. The zero-order valence-corrected chi connectivity index (χ0v) is 10.6. The summed E-state index contributed by atoms with van der Waals surface area (Å²) in [5.41, 5.74) is 1.37. The van der Waals surface area contributed by atoms with Crippen LogP contribution in [0, 0.1) is 5.92 Å². The monoisotopic (exact) mass is 235 g/mol. The molecule has 1 heterocycles. The fraction of sp³-hybridized carbons (Fsp3) is 0.571. The lowest BCUT2D eigenvalue weighted by molar-refractivity contribution is -0.134. The second-order valence-electron chi connectivity index (χ2n) is 4.61. The average Bonchev–Trinajstić information content (AvgIpc) is 2.81. The molecule has 0 aliphatic carbocycles. The molecule has 1 aliphatic rings. The highest BCUT2D eigenvalue weighted by molar-refractivity contribution is 5.14. The van der Waals surface area contributed by atoms with Gasteiger partial charge in [0.05, 0.1) is 0 Å². The number of likely N-dealkylation sites (tertiary alicyclic amines) is 1. The molecule has 1 fully saturated rings. The minimum Gasteiger partial charge on any atom is -0.356 e. The van der Waals surface area contributed by atoms with E-state index in [-0.39, 0.29) is 6.29 Å². The van der Waals surface area contributed by atoms with Crippen LogP contribution in [0.15, 0.2) is 30.3 Å². The van der Waals surface area contributed by atoms with Crippen molar-refractivity contribution in [2.75, 3.05) is 27.3 Å². The maximum atomic E-state index is 5.33. The predicted molar refractivity (Wildman–Crippen MR) is 67.6 cm³/mol. The van der Waals surface area contributed by atoms with Gasteiger partial charge in [-0.25, -0.2) is 0 Å². The van der Waals surface area contributed by atoms with Gasteiger partial charge in [0.25, 0.3) is 0 Å². The lowest BCUT2D eigenvalue weighted by atomic mass is 10.1. The zero-order chi connectivity index (χ0) is 12.1. The molecule has 0 radical (unpaired) electrons. The van der Waals surface area contributed by atoms with E-state index in [0.717, 1.165) is 26.1 Å². The standard InChI is InChI=1S/C14H21NO2/c1-16-14(17-2)13-8-9-15(11-13)10-12-6-4-3-5-7-12/h3-7,13-14H,8-11H2,1-2H3/t13-/m0/s1. The van der Waals surface area contributed by atoms with Crippen molar-refractivity contribution < 1.29 is 9.47 Å². The first-order valence-corrected chi connectivity index (χ1v) is 6.15. The summed E-state index contributed by atoms with van der Waals surface area (Å²) in [6.07, 6.45) is 1.09. The summed E-state index contributed by atoms with van der Waals surface area (Å²) >= 11 is 0. The molecule has 0 amide bonds. The van der Waals surface area contributed by atoms with Crippen LogP contribution in [0.5, 0.6) is 0 Å². The molecular formula is C14H21NO2. The summed E-state index contributed by atoms with van der Waals surface area (Å²) in [5, 5.41) is 0. The number of methoxy groups -OCH3 is 2. The van der Waals surface area contributed by atoms with Crippen LogP contribution >= 0.6 is 0 Å². The Balaban J connectivity index is 1.86. The van der Waals surface area contributed by atoms with Crippen LogP contribution in [0.25, 0.3) is 0 Å². The first-order valence-electron chi connectivity index (χ1n) is 6.15. The fourth-order valence-corrected chi connectivity index (χ4v) is 2.55. The number of benzene rings is 1. The van der Waals surface area contributed by atoms with Crippen LogP contribution < -0.4 is 0 Å². The summed E-state index contributed by atoms with van der Waals surface area (Å²) in [7, 11) is 3.43. The van der Waals surface area contributed by atoms with E-state index in [0.29, 0.717) is 5.92 Å². The highest BCUT2D eigenvalue weighted by atomic mass is 16.7. The maximum absolute atomic E-state index is 5.33. The normalized spacial score (nSPS) is 21.2. The van der Waals surface area contributed by atoms with Gasteiger partial charge in [-0.3, -0.25) is 4.90 Å². The Morgan fingerprint density at radius 1 is 1.24 bits per heavy atom. The Morgan fingerprint density at radius 3 is 2.59 bits per heavy atom. The lowest BCUT2D eigenvalue weighted by Crippen LogP contribution is -2.28. The van der Waals surface area contributed by atoms with Crippen LogP contribution in [0.3, 0.4) is 0 Å². The molecule has 0 unspecified atom stereocenters. The fourth-order valence-electron chi connectivity index (χ4n) is 2.55. The molecule has 1 saturated heterocycles. The average molecular weight is 235 g/mol. The lowest BCUT2D eigenvalue weighted by Gasteiger charge is -2.21. The summed E-state index contributed by atoms with van der Waals surface area (Å²) in [6, 6.07) is 10.6. The van der Waals surface area contributed by atoms with Crippen LogP contribution in [0.2, 0.25) is 0 Å². The minimum atomic E-state index is -0.0595. The van der Waals surface area contributed by atoms with Gasteiger partial charge in [-0.15, -0.1) is 0 Å². The molecule has 1 atom stereocenters. The highest BCUT2D eigenvalue weighted by Gasteiger charge is 2.29. The van der Waals surface area contributed by atoms with Gasteiger partial charge < -0.3 is 9.47 Å². The third-order valence-electron chi connectivity index (χ3n) is 3.41. The first-order chi connectivity index (χ1) is 8.33. The summed E-state index contributed by atoms with van der Waals surface area (Å²) in [5.74, 6) is 0.494. The van der Waals surface area contributed by atoms with Crippen LogP contribution in [0.4, 0.5) is 0 Å². The summed E-state index contributed by atoms with van der Waals surface area (Å²) in [4.78, 5) is 2.46. The molecule has 0 aromatic heterocycles. The van der Waals surface area contributed by atoms with E-state index in [1.165, 1.54) is 5.56 Å². The van der Waals surface area contributed by atoms with Crippen molar-refractivity contribution in [3.05, 3.63) is 35.9 Å². The van der Waals surface area contributed by atoms with E-state index in [1.807, 2.05) is 0 Å². The molecular weight excluding hydrogens is 214 g/mol.